The summed E-state index contributed by atoms with van der Waals surface area (Å²) in [5.74, 6) is -1.14. The lowest BCUT2D eigenvalue weighted by molar-refractivity contribution is 0.0697. The largest absolute Gasteiger partial charge is 0.478 e. The van der Waals surface area contributed by atoms with Gasteiger partial charge in [0.15, 0.2) is 0 Å². The van der Waals surface area contributed by atoms with Crippen molar-refractivity contribution < 1.29 is 18.3 Å². The van der Waals surface area contributed by atoms with Crippen molar-refractivity contribution in [3.8, 4) is 0 Å². The van der Waals surface area contributed by atoms with E-state index in [4.69, 9.17) is 16.7 Å². The second-order valence-corrected chi connectivity index (χ2v) is 7.00. The summed E-state index contributed by atoms with van der Waals surface area (Å²) in [7, 11) is -3.57. The van der Waals surface area contributed by atoms with Gasteiger partial charge in [-0.3, -0.25) is 4.31 Å². The van der Waals surface area contributed by atoms with Crippen LogP contribution in [0.5, 0.6) is 0 Å². The summed E-state index contributed by atoms with van der Waals surface area (Å²) >= 11 is 5.84. The molecule has 0 aliphatic rings. The molecule has 1 aromatic carbocycles. The third-order valence-electron chi connectivity index (χ3n) is 2.39. The molecule has 0 fully saturated rings. The molecule has 0 saturated heterocycles. The van der Waals surface area contributed by atoms with Gasteiger partial charge in [0.05, 0.1) is 17.5 Å². The van der Waals surface area contributed by atoms with Gasteiger partial charge in [0, 0.05) is 11.6 Å². The highest BCUT2D eigenvalue weighted by molar-refractivity contribution is 7.92. The van der Waals surface area contributed by atoms with Gasteiger partial charge in [-0.2, -0.15) is 0 Å². The quantitative estimate of drug-likeness (QED) is 0.906. The van der Waals surface area contributed by atoms with Gasteiger partial charge >= 0.3 is 5.97 Å². The van der Waals surface area contributed by atoms with E-state index in [9.17, 15) is 13.2 Å². The first-order valence-electron chi connectivity index (χ1n) is 5.63. The number of nitrogens with zero attached hydrogens (tertiary/aromatic N) is 1. The molecule has 0 saturated carbocycles. The average molecular weight is 306 g/mol. The summed E-state index contributed by atoms with van der Waals surface area (Å²) < 4.78 is 24.8. The zero-order chi connectivity index (χ0) is 14.8. The summed E-state index contributed by atoms with van der Waals surface area (Å²) in [6.45, 7) is 3.89. The van der Waals surface area contributed by atoms with Gasteiger partial charge in [-0.05, 0) is 24.1 Å². The first-order valence-corrected chi connectivity index (χ1v) is 7.86. The van der Waals surface area contributed by atoms with E-state index in [0.717, 1.165) is 10.6 Å². The third kappa shape index (κ3) is 4.11. The van der Waals surface area contributed by atoms with E-state index < -0.39 is 16.0 Å². The minimum atomic E-state index is -3.57. The first kappa shape index (κ1) is 15.8. The van der Waals surface area contributed by atoms with E-state index in [2.05, 4.69) is 0 Å². The van der Waals surface area contributed by atoms with Crippen LogP contribution in [0.15, 0.2) is 18.2 Å². The first-order chi connectivity index (χ1) is 8.62. The fraction of sp³-hybridized carbons (Fsp3) is 0.417. The number of anilines is 1. The van der Waals surface area contributed by atoms with Crippen molar-refractivity contribution in [1.82, 2.24) is 0 Å². The second-order valence-electron chi connectivity index (χ2n) is 4.65. The van der Waals surface area contributed by atoms with Gasteiger partial charge in [-0.15, -0.1) is 0 Å². The molecule has 0 atom stereocenters. The molecule has 1 aromatic rings. The Morgan fingerprint density at radius 3 is 2.42 bits per heavy atom. The molecule has 7 heteroatoms. The number of carboxylic acid groups (broad SMARTS) is 1. The molecule has 1 N–H and O–H groups in total. The van der Waals surface area contributed by atoms with Crippen molar-refractivity contribution in [3.05, 3.63) is 28.8 Å². The highest BCUT2D eigenvalue weighted by atomic mass is 35.5. The lowest BCUT2D eigenvalue weighted by atomic mass is 10.1. The maximum Gasteiger partial charge on any atom is 0.337 e. The molecule has 1 rings (SSSR count). The molecular weight excluding hydrogens is 290 g/mol. The SMILES string of the molecule is CC(C)CN(c1cc(Cl)ccc1C(=O)O)S(C)(=O)=O. The Morgan fingerprint density at radius 2 is 2.00 bits per heavy atom. The Balaban J connectivity index is 3.45. The van der Waals surface area contributed by atoms with Crippen molar-refractivity contribution in [2.24, 2.45) is 5.92 Å². The van der Waals surface area contributed by atoms with Crippen LogP contribution in [0, 0.1) is 5.92 Å². The predicted octanol–water partition coefficient (Wildman–Crippen LogP) is 2.46. The average Bonchev–Trinajstić information content (AvgIpc) is 2.23. The van der Waals surface area contributed by atoms with Crippen LogP contribution in [-0.4, -0.2) is 32.3 Å². The number of rotatable bonds is 5. The number of hydrogen-bond donors (Lipinski definition) is 1. The number of aromatic carboxylic acids is 1. The number of halogens is 1. The minimum Gasteiger partial charge on any atom is -0.478 e. The van der Waals surface area contributed by atoms with Gasteiger partial charge in [0.1, 0.15) is 0 Å². The van der Waals surface area contributed by atoms with Crippen LogP contribution < -0.4 is 4.31 Å². The van der Waals surface area contributed by atoms with Gasteiger partial charge in [-0.25, -0.2) is 13.2 Å². The minimum absolute atomic E-state index is 0.0513. The third-order valence-corrected chi connectivity index (χ3v) is 3.77. The van der Waals surface area contributed by atoms with Gasteiger partial charge in [0.25, 0.3) is 0 Å². The zero-order valence-electron chi connectivity index (χ0n) is 10.9. The monoisotopic (exact) mass is 305 g/mol. The van der Waals surface area contributed by atoms with Crippen LogP contribution in [0.2, 0.25) is 5.02 Å². The number of benzene rings is 1. The summed E-state index contributed by atoms with van der Waals surface area (Å²) in [4.78, 5) is 11.2. The van der Waals surface area contributed by atoms with Gasteiger partial charge in [-0.1, -0.05) is 25.4 Å². The normalized spacial score (nSPS) is 11.6. The maximum absolute atomic E-state index is 11.8. The molecule has 0 aliphatic heterocycles. The fourth-order valence-electron chi connectivity index (χ4n) is 1.64. The smallest absolute Gasteiger partial charge is 0.337 e. The summed E-state index contributed by atoms with van der Waals surface area (Å²) in [6.07, 6.45) is 1.04. The lowest BCUT2D eigenvalue weighted by Crippen LogP contribution is -2.34. The van der Waals surface area contributed by atoms with E-state index in [0.29, 0.717) is 0 Å². The summed E-state index contributed by atoms with van der Waals surface area (Å²) in [6, 6.07) is 4.08. The number of hydrogen-bond acceptors (Lipinski definition) is 3. The van der Waals surface area contributed by atoms with Crippen LogP contribution in [-0.2, 0) is 10.0 Å². The van der Waals surface area contributed by atoms with Gasteiger partial charge in [0.2, 0.25) is 10.0 Å². The summed E-state index contributed by atoms with van der Waals surface area (Å²) in [5.41, 5.74) is 0.00618. The van der Waals surface area contributed by atoms with Crippen LogP contribution >= 0.6 is 11.6 Å². The van der Waals surface area contributed by atoms with Crippen LogP contribution in [0.4, 0.5) is 5.69 Å². The van der Waals surface area contributed by atoms with E-state index in [1.165, 1.54) is 18.2 Å². The molecule has 0 aromatic heterocycles. The molecule has 0 aliphatic carbocycles. The van der Waals surface area contributed by atoms with E-state index in [1.54, 1.807) is 0 Å². The molecule has 0 heterocycles. The molecular formula is C12H16ClNO4S. The van der Waals surface area contributed by atoms with Crippen molar-refractivity contribution in [2.75, 3.05) is 17.1 Å². The Hall–Kier alpha value is -1.27. The molecule has 0 amide bonds. The molecule has 0 spiro atoms. The number of sulfonamides is 1. The Kier molecular flexibility index (Phi) is 4.81. The Labute approximate surface area is 117 Å². The maximum atomic E-state index is 11.8. The zero-order valence-corrected chi connectivity index (χ0v) is 12.5. The van der Waals surface area contributed by atoms with Crippen molar-refractivity contribution in [1.29, 1.82) is 0 Å². The van der Waals surface area contributed by atoms with Crippen molar-refractivity contribution >= 4 is 33.3 Å². The summed E-state index contributed by atoms with van der Waals surface area (Å²) in [5, 5.41) is 9.43. The standard InChI is InChI=1S/C12H16ClNO4S/c1-8(2)7-14(19(3,17)18)11-6-9(13)4-5-10(11)12(15)16/h4-6,8H,7H2,1-3H3,(H,15,16). The molecule has 0 unspecified atom stereocenters. The molecule has 19 heavy (non-hydrogen) atoms. The van der Waals surface area contributed by atoms with Crippen LogP contribution in [0.1, 0.15) is 24.2 Å². The van der Waals surface area contributed by atoms with Crippen LogP contribution in [0.3, 0.4) is 0 Å². The molecule has 106 valence electrons. The van der Waals surface area contributed by atoms with E-state index in [1.807, 2.05) is 13.8 Å². The Bertz CT molecular complexity index is 583. The van der Waals surface area contributed by atoms with Gasteiger partial charge < -0.3 is 5.11 Å². The molecule has 0 radical (unpaired) electrons. The molecule has 5 nitrogen and oxygen atoms in total. The number of carboxylic acids is 1. The van der Waals surface area contributed by atoms with Crippen molar-refractivity contribution in [3.63, 3.8) is 0 Å². The van der Waals surface area contributed by atoms with E-state index in [-0.39, 0.29) is 28.7 Å². The fourth-order valence-corrected chi connectivity index (χ4v) is 2.88. The van der Waals surface area contributed by atoms with Crippen molar-refractivity contribution in [2.45, 2.75) is 13.8 Å². The lowest BCUT2D eigenvalue weighted by Gasteiger charge is -2.25. The second kappa shape index (κ2) is 5.79. The van der Waals surface area contributed by atoms with E-state index >= 15 is 0 Å². The topological polar surface area (TPSA) is 74.7 Å². The highest BCUT2D eigenvalue weighted by Crippen LogP contribution is 2.27. The van der Waals surface area contributed by atoms with Crippen LogP contribution in [0.25, 0.3) is 0 Å². The highest BCUT2D eigenvalue weighted by Gasteiger charge is 2.24. The molecule has 0 bridgehead atoms. The predicted molar refractivity (Wildman–Crippen MR) is 75.4 cm³/mol. The Morgan fingerprint density at radius 1 is 1.42 bits per heavy atom. The number of carbonyl (C=O) groups is 1.